The Morgan fingerprint density at radius 1 is 1.46 bits per heavy atom. The topological polar surface area (TPSA) is 24.4 Å². The van der Waals surface area contributed by atoms with Crippen molar-refractivity contribution in [1.82, 2.24) is 5.32 Å². The van der Waals surface area contributed by atoms with Crippen molar-refractivity contribution in [2.24, 2.45) is 10.4 Å². The first-order valence-electron chi connectivity index (χ1n) is 5.52. The van der Waals surface area contributed by atoms with Crippen LogP contribution in [0.2, 0.25) is 0 Å². The Morgan fingerprint density at radius 2 is 2.31 bits per heavy atom. The highest BCUT2D eigenvalue weighted by atomic mass is 15.0. The fourth-order valence-electron chi connectivity index (χ4n) is 2.22. The van der Waals surface area contributed by atoms with Gasteiger partial charge in [-0.15, -0.1) is 0 Å². The van der Waals surface area contributed by atoms with Gasteiger partial charge in [-0.2, -0.15) is 0 Å². The molecule has 0 fully saturated rings. The zero-order valence-electron chi connectivity index (χ0n) is 8.97. The fraction of sp³-hybridized carbons (Fsp3) is 0.909. The summed E-state index contributed by atoms with van der Waals surface area (Å²) in [5, 5.41) is 3.42. The summed E-state index contributed by atoms with van der Waals surface area (Å²) in [6.07, 6.45) is 8.48. The molecule has 0 amide bonds. The molecule has 0 saturated carbocycles. The summed E-state index contributed by atoms with van der Waals surface area (Å²) in [7, 11) is 0. The molecule has 1 atom stereocenters. The van der Waals surface area contributed by atoms with Crippen LogP contribution in [0.15, 0.2) is 4.99 Å². The van der Waals surface area contributed by atoms with E-state index in [0.29, 0.717) is 5.41 Å². The van der Waals surface area contributed by atoms with Crippen molar-refractivity contribution < 1.29 is 0 Å². The lowest BCUT2D eigenvalue weighted by molar-refractivity contribution is 0.219. The van der Waals surface area contributed by atoms with Gasteiger partial charge in [0.15, 0.2) is 0 Å². The van der Waals surface area contributed by atoms with Crippen LogP contribution in [0.4, 0.5) is 0 Å². The molecule has 1 unspecified atom stereocenters. The zero-order chi connectivity index (χ0) is 9.57. The minimum absolute atomic E-state index is 0.543. The van der Waals surface area contributed by atoms with Gasteiger partial charge in [-0.25, -0.2) is 0 Å². The van der Waals surface area contributed by atoms with Crippen molar-refractivity contribution in [2.75, 3.05) is 13.2 Å². The molecule has 0 bridgehead atoms. The average molecular weight is 182 g/mol. The minimum Gasteiger partial charge on any atom is -0.298 e. The Morgan fingerprint density at radius 3 is 3.00 bits per heavy atom. The van der Waals surface area contributed by atoms with Crippen LogP contribution in [0.1, 0.15) is 46.0 Å². The molecule has 0 aromatic rings. The fourth-order valence-corrected chi connectivity index (χ4v) is 2.22. The SMILES string of the molecule is CCCC1(CC)CCC=NCNC1. The first-order chi connectivity index (χ1) is 6.33. The third-order valence-corrected chi connectivity index (χ3v) is 3.17. The van der Waals surface area contributed by atoms with Gasteiger partial charge in [0, 0.05) is 12.8 Å². The van der Waals surface area contributed by atoms with Gasteiger partial charge < -0.3 is 0 Å². The Bertz CT molecular complexity index is 165. The molecular formula is C11H22N2. The van der Waals surface area contributed by atoms with Crippen molar-refractivity contribution >= 4 is 6.21 Å². The second kappa shape index (κ2) is 5.38. The van der Waals surface area contributed by atoms with E-state index in [1.54, 1.807) is 0 Å². The first kappa shape index (κ1) is 10.7. The number of hydrogen-bond donors (Lipinski definition) is 1. The monoisotopic (exact) mass is 182 g/mol. The lowest BCUT2D eigenvalue weighted by atomic mass is 9.76. The van der Waals surface area contributed by atoms with Gasteiger partial charge in [0.05, 0.1) is 6.67 Å². The highest BCUT2D eigenvalue weighted by Crippen LogP contribution is 2.32. The highest BCUT2D eigenvalue weighted by Gasteiger charge is 2.26. The van der Waals surface area contributed by atoms with Gasteiger partial charge >= 0.3 is 0 Å². The molecule has 2 heteroatoms. The average Bonchev–Trinajstić information content (AvgIpc) is 2.10. The summed E-state index contributed by atoms with van der Waals surface area (Å²) in [5.74, 6) is 0. The quantitative estimate of drug-likeness (QED) is 0.713. The summed E-state index contributed by atoms with van der Waals surface area (Å²) in [5.41, 5.74) is 0.543. The van der Waals surface area contributed by atoms with Gasteiger partial charge in [-0.3, -0.25) is 10.3 Å². The lowest BCUT2D eigenvalue weighted by Crippen LogP contribution is -2.35. The molecule has 0 aliphatic carbocycles. The number of nitrogens with one attached hydrogen (secondary N) is 1. The van der Waals surface area contributed by atoms with E-state index in [1.807, 2.05) is 0 Å². The second-order valence-corrected chi connectivity index (χ2v) is 4.09. The van der Waals surface area contributed by atoms with Crippen molar-refractivity contribution in [3.8, 4) is 0 Å². The molecule has 1 heterocycles. The van der Waals surface area contributed by atoms with Gasteiger partial charge in [0.25, 0.3) is 0 Å². The maximum Gasteiger partial charge on any atom is 0.0880 e. The molecule has 0 aromatic carbocycles. The van der Waals surface area contributed by atoms with E-state index in [1.165, 1.54) is 25.7 Å². The van der Waals surface area contributed by atoms with E-state index < -0.39 is 0 Å². The second-order valence-electron chi connectivity index (χ2n) is 4.09. The summed E-state index contributed by atoms with van der Waals surface area (Å²) >= 11 is 0. The van der Waals surface area contributed by atoms with E-state index in [4.69, 9.17) is 0 Å². The van der Waals surface area contributed by atoms with Crippen molar-refractivity contribution in [3.63, 3.8) is 0 Å². The number of hydrogen-bond acceptors (Lipinski definition) is 2. The molecule has 13 heavy (non-hydrogen) atoms. The predicted molar refractivity (Wildman–Crippen MR) is 58.2 cm³/mol. The van der Waals surface area contributed by atoms with Gasteiger partial charge in [-0.1, -0.05) is 20.3 Å². The van der Waals surface area contributed by atoms with E-state index in [9.17, 15) is 0 Å². The minimum atomic E-state index is 0.543. The van der Waals surface area contributed by atoms with Crippen LogP contribution in [0.5, 0.6) is 0 Å². The zero-order valence-corrected chi connectivity index (χ0v) is 8.97. The summed E-state index contributed by atoms with van der Waals surface area (Å²) in [4.78, 5) is 4.25. The third kappa shape index (κ3) is 3.11. The third-order valence-electron chi connectivity index (χ3n) is 3.17. The van der Waals surface area contributed by atoms with Crippen molar-refractivity contribution in [2.45, 2.75) is 46.0 Å². The Labute approximate surface area is 81.8 Å². The van der Waals surface area contributed by atoms with Crippen LogP contribution in [-0.4, -0.2) is 19.4 Å². The van der Waals surface area contributed by atoms with Crippen LogP contribution in [0.25, 0.3) is 0 Å². The van der Waals surface area contributed by atoms with E-state index in [0.717, 1.165) is 19.6 Å². The summed E-state index contributed by atoms with van der Waals surface area (Å²) in [6, 6.07) is 0. The van der Waals surface area contributed by atoms with Crippen molar-refractivity contribution in [3.05, 3.63) is 0 Å². The maximum absolute atomic E-state index is 4.25. The van der Waals surface area contributed by atoms with Gasteiger partial charge in [0.1, 0.15) is 0 Å². The first-order valence-corrected chi connectivity index (χ1v) is 5.52. The van der Waals surface area contributed by atoms with Crippen LogP contribution < -0.4 is 5.32 Å². The molecule has 1 aliphatic rings. The van der Waals surface area contributed by atoms with Crippen molar-refractivity contribution in [1.29, 1.82) is 0 Å². The molecule has 76 valence electrons. The molecule has 1 aliphatic heterocycles. The van der Waals surface area contributed by atoms with Gasteiger partial charge in [0.2, 0.25) is 0 Å². The molecule has 0 saturated heterocycles. The molecule has 0 radical (unpaired) electrons. The molecule has 1 N–H and O–H groups in total. The number of rotatable bonds is 3. The van der Waals surface area contributed by atoms with E-state index >= 15 is 0 Å². The number of aliphatic imine (C=N–C) groups is 1. The number of nitrogens with zero attached hydrogens (tertiary/aromatic N) is 1. The molecule has 0 spiro atoms. The lowest BCUT2D eigenvalue weighted by Gasteiger charge is -2.33. The van der Waals surface area contributed by atoms with Gasteiger partial charge in [-0.05, 0) is 31.1 Å². The summed E-state index contributed by atoms with van der Waals surface area (Å²) < 4.78 is 0. The van der Waals surface area contributed by atoms with E-state index in [-0.39, 0.29) is 0 Å². The Hall–Kier alpha value is -0.370. The normalized spacial score (nSPS) is 29.7. The predicted octanol–water partition coefficient (Wildman–Crippen LogP) is 2.59. The largest absolute Gasteiger partial charge is 0.298 e. The molecule has 1 rings (SSSR count). The summed E-state index contributed by atoms with van der Waals surface area (Å²) in [6.45, 7) is 6.56. The molecule has 0 aromatic heterocycles. The van der Waals surface area contributed by atoms with Crippen LogP contribution >= 0.6 is 0 Å². The standard InChI is InChI=1S/C11H22N2/c1-3-6-11(4-2)7-5-8-12-10-13-9-11/h8,13H,3-7,9-10H2,1-2H3. The molecule has 2 nitrogen and oxygen atoms in total. The van der Waals surface area contributed by atoms with Crippen LogP contribution in [0, 0.1) is 5.41 Å². The Balaban J connectivity index is 2.55. The Kier molecular flexibility index (Phi) is 4.43. The smallest absolute Gasteiger partial charge is 0.0880 e. The maximum atomic E-state index is 4.25. The van der Waals surface area contributed by atoms with Crippen LogP contribution in [0.3, 0.4) is 0 Å². The molecular weight excluding hydrogens is 160 g/mol. The van der Waals surface area contributed by atoms with Crippen LogP contribution in [-0.2, 0) is 0 Å². The van der Waals surface area contributed by atoms with E-state index in [2.05, 4.69) is 30.4 Å². The highest BCUT2D eigenvalue weighted by molar-refractivity contribution is 5.57.